The molecule has 1 heterocycles. The minimum atomic E-state index is 1.14. The first-order chi connectivity index (χ1) is 19.3. The number of hydrogen-bond donors (Lipinski definition) is 0. The molecule has 39 heavy (non-hydrogen) atoms. The van der Waals surface area contributed by atoms with Gasteiger partial charge in [0.25, 0.3) is 0 Å². The van der Waals surface area contributed by atoms with Crippen molar-refractivity contribution >= 4 is 38.9 Å². The Bertz CT molecular complexity index is 1840. The Kier molecular flexibility index (Phi) is 5.71. The zero-order valence-corrected chi connectivity index (χ0v) is 21.8. The van der Waals surface area contributed by atoms with Crippen LogP contribution in [-0.2, 0) is 0 Å². The molecule has 0 spiro atoms. The van der Waals surface area contributed by atoms with Crippen molar-refractivity contribution in [3.8, 4) is 16.8 Å². The maximum atomic E-state index is 2.38. The fourth-order valence-corrected chi connectivity index (χ4v) is 5.53. The summed E-state index contributed by atoms with van der Waals surface area (Å²) in [6.45, 7) is 2.12. The highest BCUT2D eigenvalue weighted by molar-refractivity contribution is 6.10. The molecule has 0 atom stereocenters. The van der Waals surface area contributed by atoms with E-state index in [0.29, 0.717) is 0 Å². The Hall–Kier alpha value is -5.08. The topological polar surface area (TPSA) is 8.17 Å². The third kappa shape index (κ3) is 4.17. The van der Waals surface area contributed by atoms with Gasteiger partial charge >= 0.3 is 0 Å². The minimum Gasteiger partial charge on any atom is -0.310 e. The molecule has 0 unspecified atom stereocenters. The van der Waals surface area contributed by atoms with E-state index >= 15 is 0 Å². The van der Waals surface area contributed by atoms with Gasteiger partial charge in [-0.25, -0.2) is 0 Å². The number of benzene rings is 6. The molecule has 7 rings (SSSR count). The summed E-state index contributed by atoms with van der Waals surface area (Å²) in [5.74, 6) is 0. The van der Waals surface area contributed by atoms with Gasteiger partial charge in [0.05, 0.1) is 11.0 Å². The summed E-state index contributed by atoms with van der Waals surface area (Å²) in [7, 11) is 0. The molecule has 2 nitrogen and oxygen atoms in total. The predicted molar refractivity (Wildman–Crippen MR) is 166 cm³/mol. The molecule has 0 aliphatic heterocycles. The molecule has 0 aliphatic carbocycles. The first kappa shape index (κ1) is 23.1. The highest BCUT2D eigenvalue weighted by atomic mass is 15.1. The fraction of sp³-hybridized carbons (Fsp3) is 0.0270. The molecule has 186 valence electrons. The van der Waals surface area contributed by atoms with E-state index in [-0.39, 0.29) is 0 Å². The Morgan fingerprint density at radius 2 is 0.974 bits per heavy atom. The molecule has 2 heteroatoms. The lowest BCUT2D eigenvalue weighted by atomic mass is 10.0. The van der Waals surface area contributed by atoms with Crippen LogP contribution in [0.25, 0.3) is 38.6 Å². The van der Waals surface area contributed by atoms with E-state index in [9.17, 15) is 0 Å². The highest BCUT2D eigenvalue weighted by Gasteiger charge is 2.17. The van der Waals surface area contributed by atoms with Gasteiger partial charge in [0.15, 0.2) is 0 Å². The molecule has 7 aromatic rings. The van der Waals surface area contributed by atoms with Crippen LogP contribution in [0, 0.1) is 6.92 Å². The van der Waals surface area contributed by atoms with Crippen molar-refractivity contribution in [2.45, 2.75) is 6.92 Å². The predicted octanol–water partition coefficient (Wildman–Crippen LogP) is 10.2. The van der Waals surface area contributed by atoms with Gasteiger partial charge in [-0.2, -0.15) is 0 Å². The van der Waals surface area contributed by atoms with Gasteiger partial charge in [0.2, 0.25) is 0 Å². The average Bonchev–Trinajstić information content (AvgIpc) is 3.33. The largest absolute Gasteiger partial charge is 0.310 e. The summed E-state index contributed by atoms with van der Waals surface area (Å²) >= 11 is 0. The van der Waals surface area contributed by atoms with Crippen LogP contribution >= 0.6 is 0 Å². The second kappa shape index (κ2) is 9.66. The van der Waals surface area contributed by atoms with Crippen molar-refractivity contribution in [2.75, 3.05) is 4.90 Å². The molecule has 0 saturated carbocycles. The number of para-hydroxylation sites is 3. The number of aryl methyl sites for hydroxylation is 1. The summed E-state index contributed by atoms with van der Waals surface area (Å²) in [6.07, 6.45) is 0. The van der Waals surface area contributed by atoms with Crippen LogP contribution in [-0.4, -0.2) is 4.57 Å². The zero-order chi connectivity index (χ0) is 26.2. The Morgan fingerprint density at radius 1 is 0.436 bits per heavy atom. The lowest BCUT2D eigenvalue weighted by molar-refractivity contribution is 1.18. The summed E-state index contributed by atoms with van der Waals surface area (Å²) in [6, 6.07) is 54.3. The number of aromatic nitrogens is 1. The van der Waals surface area contributed by atoms with E-state index < -0.39 is 0 Å². The first-order valence-corrected chi connectivity index (χ1v) is 13.4. The van der Waals surface area contributed by atoms with Crippen LogP contribution in [0.1, 0.15) is 5.56 Å². The van der Waals surface area contributed by atoms with Crippen LogP contribution in [0.3, 0.4) is 0 Å². The van der Waals surface area contributed by atoms with Crippen molar-refractivity contribution in [1.29, 1.82) is 0 Å². The number of hydrogen-bond acceptors (Lipinski definition) is 1. The molecule has 6 aromatic carbocycles. The molecule has 0 amide bonds. The van der Waals surface area contributed by atoms with Crippen LogP contribution in [0.2, 0.25) is 0 Å². The number of rotatable bonds is 5. The first-order valence-electron chi connectivity index (χ1n) is 13.4. The van der Waals surface area contributed by atoms with E-state index in [4.69, 9.17) is 0 Å². The summed E-state index contributed by atoms with van der Waals surface area (Å²) in [5, 5.41) is 2.49. The maximum absolute atomic E-state index is 2.38. The number of anilines is 3. The van der Waals surface area contributed by atoms with Crippen LogP contribution < -0.4 is 4.90 Å². The van der Waals surface area contributed by atoms with Gasteiger partial charge in [-0.3, -0.25) is 0 Å². The SMILES string of the molecule is Cc1ccc(-c2ccc(-n3c4ccccc4c4cc(N(c5ccccc5)c5ccccc5)ccc43)cc2)cc1. The Labute approximate surface area is 229 Å². The summed E-state index contributed by atoms with van der Waals surface area (Å²) in [5.41, 5.74) is 10.7. The molecular formula is C37H28N2. The van der Waals surface area contributed by atoms with Crippen molar-refractivity contribution in [3.05, 3.63) is 157 Å². The second-order valence-electron chi connectivity index (χ2n) is 9.97. The van der Waals surface area contributed by atoms with Crippen molar-refractivity contribution in [1.82, 2.24) is 4.57 Å². The Balaban J connectivity index is 1.38. The van der Waals surface area contributed by atoms with E-state index in [2.05, 4.69) is 168 Å². The maximum Gasteiger partial charge on any atom is 0.0542 e. The zero-order valence-electron chi connectivity index (χ0n) is 21.8. The standard InChI is InChI=1S/C37H28N2/c1-27-16-18-28(19-17-27)29-20-22-32(23-21-29)39-36-15-9-8-14-34(36)35-26-33(24-25-37(35)39)38(30-10-4-2-5-11-30)31-12-6-3-7-13-31/h2-26H,1H3. The van der Waals surface area contributed by atoms with Crippen molar-refractivity contribution in [3.63, 3.8) is 0 Å². The van der Waals surface area contributed by atoms with Crippen molar-refractivity contribution < 1.29 is 0 Å². The fourth-order valence-electron chi connectivity index (χ4n) is 5.53. The van der Waals surface area contributed by atoms with E-state index in [1.807, 2.05) is 0 Å². The van der Waals surface area contributed by atoms with E-state index in [1.54, 1.807) is 0 Å². The number of fused-ring (bicyclic) bond motifs is 3. The molecule has 0 fully saturated rings. The van der Waals surface area contributed by atoms with Gasteiger partial charge in [-0.05, 0) is 78.7 Å². The molecule has 0 aliphatic rings. The molecule has 0 N–H and O–H groups in total. The van der Waals surface area contributed by atoms with Crippen molar-refractivity contribution in [2.24, 2.45) is 0 Å². The summed E-state index contributed by atoms with van der Waals surface area (Å²) < 4.78 is 2.38. The lowest BCUT2D eigenvalue weighted by Crippen LogP contribution is -2.09. The van der Waals surface area contributed by atoms with Gasteiger partial charge in [0, 0.05) is 33.5 Å². The minimum absolute atomic E-state index is 1.14. The molecular weight excluding hydrogens is 472 g/mol. The van der Waals surface area contributed by atoms with Crippen LogP contribution in [0.5, 0.6) is 0 Å². The summed E-state index contributed by atoms with van der Waals surface area (Å²) in [4.78, 5) is 2.32. The molecule has 0 radical (unpaired) electrons. The van der Waals surface area contributed by atoms with Gasteiger partial charge in [0.1, 0.15) is 0 Å². The van der Waals surface area contributed by atoms with Gasteiger partial charge < -0.3 is 9.47 Å². The van der Waals surface area contributed by atoms with Gasteiger partial charge in [-0.15, -0.1) is 0 Å². The average molecular weight is 501 g/mol. The highest BCUT2D eigenvalue weighted by Crippen LogP contribution is 2.39. The van der Waals surface area contributed by atoms with E-state index in [0.717, 1.165) is 22.7 Å². The second-order valence-corrected chi connectivity index (χ2v) is 9.97. The number of nitrogens with zero attached hydrogens (tertiary/aromatic N) is 2. The molecule has 1 aromatic heterocycles. The van der Waals surface area contributed by atoms with Gasteiger partial charge in [-0.1, -0.05) is 96.6 Å². The third-order valence-electron chi connectivity index (χ3n) is 7.45. The Morgan fingerprint density at radius 3 is 1.62 bits per heavy atom. The molecule has 0 bridgehead atoms. The lowest BCUT2D eigenvalue weighted by Gasteiger charge is -2.25. The van der Waals surface area contributed by atoms with E-state index in [1.165, 1.54) is 38.5 Å². The smallest absolute Gasteiger partial charge is 0.0542 e. The monoisotopic (exact) mass is 500 g/mol. The normalized spacial score (nSPS) is 11.2. The van der Waals surface area contributed by atoms with Crippen LogP contribution in [0.4, 0.5) is 17.1 Å². The van der Waals surface area contributed by atoms with Crippen LogP contribution in [0.15, 0.2) is 152 Å². The quantitative estimate of drug-likeness (QED) is 0.228. The third-order valence-corrected chi connectivity index (χ3v) is 7.45. The molecule has 0 saturated heterocycles.